The number of carboxylic acids is 1. The zero-order valence-electron chi connectivity index (χ0n) is 12.4. The third-order valence-electron chi connectivity index (χ3n) is 3.52. The van der Waals surface area contributed by atoms with Gasteiger partial charge < -0.3 is 9.84 Å². The van der Waals surface area contributed by atoms with Gasteiger partial charge in [0.1, 0.15) is 5.75 Å². The zero-order valence-corrected chi connectivity index (χ0v) is 12.4. The van der Waals surface area contributed by atoms with E-state index in [0.717, 1.165) is 5.56 Å². The van der Waals surface area contributed by atoms with Crippen LogP contribution >= 0.6 is 0 Å². The van der Waals surface area contributed by atoms with E-state index >= 15 is 0 Å². The van der Waals surface area contributed by atoms with Crippen LogP contribution in [0.4, 0.5) is 0 Å². The maximum atomic E-state index is 12.2. The molecule has 0 aromatic heterocycles. The van der Waals surface area contributed by atoms with Gasteiger partial charge in [-0.3, -0.25) is 9.59 Å². The molecule has 0 unspecified atom stereocenters. The molecule has 1 N–H and O–H groups in total. The maximum Gasteiger partial charge on any atom is 0.307 e. The first kappa shape index (κ1) is 15.8. The maximum absolute atomic E-state index is 12.2. The Labute approximate surface area is 129 Å². The lowest BCUT2D eigenvalue weighted by molar-refractivity contribution is -0.141. The van der Waals surface area contributed by atoms with E-state index in [4.69, 9.17) is 4.74 Å². The number of benzene rings is 2. The van der Waals surface area contributed by atoms with Crippen LogP contribution in [0.1, 0.15) is 22.3 Å². The van der Waals surface area contributed by atoms with Crippen molar-refractivity contribution in [3.63, 3.8) is 0 Å². The molecule has 2 aromatic rings. The standard InChI is InChI=1S/C18H18O4/c1-22-16-9-7-14(8-10-16)17(19)12-15(18(20)21)11-13-5-3-2-4-6-13/h2-10,15H,11-12H2,1H3,(H,20,21)/t15-/m0/s1. The summed E-state index contributed by atoms with van der Waals surface area (Å²) in [4.78, 5) is 23.6. The van der Waals surface area contributed by atoms with Crippen molar-refractivity contribution in [3.8, 4) is 5.75 Å². The summed E-state index contributed by atoms with van der Waals surface area (Å²) < 4.78 is 5.04. The SMILES string of the molecule is COc1ccc(C(=O)C[C@H](Cc2ccccc2)C(=O)O)cc1. The lowest BCUT2D eigenvalue weighted by Crippen LogP contribution is -2.20. The van der Waals surface area contributed by atoms with Gasteiger partial charge in [0.15, 0.2) is 5.78 Å². The third kappa shape index (κ3) is 4.19. The Kier molecular flexibility index (Phi) is 5.31. The minimum atomic E-state index is -0.953. The Balaban J connectivity index is 2.06. The number of hydrogen-bond acceptors (Lipinski definition) is 3. The van der Waals surface area contributed by atoms with Crippen LogP contribution in [0.5, 0.6) is 5.75 Å². The van der Waals surface area contributed by atoms with Crippen molar-refractivity contribution in [3.05, 3.63) is 65.7 Å². The Morgan fingerprint density at radius 2 is 1.68 bits per heavy atom. The second kappa shape index (κ2) is 7.41. The van der Waals surface area contributed by atoms with E-state index in [9.17, 15) is 14.7 Å². The predicted molar refractivity (Wildman–Crippen MR) is 83.2 cm³/mol. The van der Waals surface area contributed by atoms with Crippen LogP contribution in [0, 0.1) is 5.92 Å². The first-order chi connectivity index (χ1) is 10.6. The van der Waals surface area contributed by atoms with E-state index in [1.54, 1.807) is 31.4 Å². The van der Waals surface area contributed by atoms with E-state index in [2.05, 4.69) is 0 Å². The highest BCUT2D eigenvalue weighted by Gasteiger charge is 2.22. The normalized spacial score (nSPS) is 11.7. The fourth-order valence-electron chi connectivity index (χ4n) is 2.26. The van der Waals surface area contributed by atoms with Crippen molar-refractivity contribution >= 4 is 11.8 Å². The molecule has 114 valence electrons. The molecule has 0 aliphatic heterocycles. The van der Waals surface area contributed by atoms with E-state index in [1.807, 2.05) is 30.3 Å². The van der Waals surface area contributed by atoms with E-state index in [0.29, 0.717) is 17.7 Å². The second-order valence-electron chi connectivity index (χ2n) is 5.08. The van der Waals surface area contributed by atoms with Gasteiger partial charge in [0.25, 0.3) is 0 Å². The molecule has 0 radical (unpaired) electrons. The molecule has 0 saturated carbocycles. The van der Waals surface area contributed by atoms with Gasteiger partial charge in [-0.05, 0) is 36.2 Å². The molecule has 0 fully saturated rings. The minimum Gasteiger partial charge on any atom is -0.497 e. The highest BCUT2D eigenvalue weighted by atomic mass is 16.5. The fraction of sp³-hybridized carbons (Fsp3) is 0.222. The number of rotatable bonds is 7. The molecule has 0 spiro atoms. The molecule has 0 aliphatic rings. The van der Waals surface area contributed by atoms with E-state index in [1.165, 1.54) is 0 Å². The van der Waals surface area contributed by atoms with Crippen LogP contribution in [0.3, 0.4) is 0 Å². The quantitative estimate of drug-likeness (QED) is 0.797. The molecular formula is C18H18O4. The molecule has 0 aliphatic carbocycles. The number of ketones is 1. The average Bonchev–Trinajstić information content (AvgIpc) is 2.55. The van der Waals surface area contributed by atoms with Crippen molar-refractivity contribution < 1.29 is 19.4 Å². The van der Waals surface area contributed by atoms with Crippen LogP contribution < -0.4 is 4.74 Å². The van der Waals surface area contributed by atoms with Gasteiger partial charge >= 0.3 is 5.97 Å². The molecule has 0 saturated heterocycles. The molecule has 0 amide bonds. The summed E-state index contributed by atoms with van der Waals surface area (Å²) in [6.07, 6.45) is 0.328. The number of hydrogen-bond donors (Lipinski definition) is 1. The zero-order chi connectivity index (χ0) is 15.9. The van der Waals surface area contributed by atoms with Crippen LogP contribution in [0.25, 0.3) is 0 Å². The van der Waals surface area contributed by atoms with Gasteiger partial charge in [-0.2, -0.15) is 0 Å². The molecule has 4 heteroatoms. The van der Waals surface area contributed by atoms with Crippen molar-refractivity contribution in [2.45, 2.75) is 12.8 Å². The van der Waals surface area contributed by atoms with Crippen LogP contribution in [-0.2, 0) is 11.2 Å². The van der Waals surface area contributed by atoms with Gasteiger partial charge in [-0.25, -0.2) is 0 Å². The molecule has 22 heavy (non-hydrogen) atoms. The van der Waals surface area contributed by atoms with Crippen molar-refractivity contribution in [2.24, 2.45) is 5.92 Å². The average molecular weight is 298 g/mol. The predicted octanol–water partition coefficient (Wildman–Crippen LogP) is 3.21. The van der Waals surface area contributed by atoms with Crippen molar-refractivity contribution in [2.75, 3.05) is 7.11 Å². The Morgan fingerprint density at radius 3 is 2.23 bits per heavy atom. The molecule has 0 heterocycles. The molecule has 4 nitrogen and oxygen atoms in total. The van der Waals surface area contributed by atoms with E-state index in [-0.39, 0.29) is 12.2 Å². The minimum absolute atomic E-state index is 0.0173. The summed E-state index contributed by atoms with van der Waals surface area (Å²) in [5, 5.41) is 9.34. The summed E-state index contributed by atoms with van der Waals surface area (Å²) in [6, 6.07) is 16.0. The highest BCUT2D eigenvalue weighted by Crippen LogP contribution is 2.18. The molecular weight excluding hydrogens is 280 g/mol. The topological polar surface area (TPSA) is 63.6 Å². The van der Waals surface area contributed by atoms with Crippen molar-refractivity contribution in [1.82, 2.24) is 0 Å². The van der Waals surface area contributed by atoms with Gasteiger partial charge in [0.2, 0.25) is 0 Å². The van der Waals surface area contributed by atoms with Gasteiger partial charge in [-0.15, -0.1) is 0 Å². The molecule has 1 atom stereocenters. The molecule has 2 aromatic carbocycles. The molecule has 0 bridgehead atoms. The first-order valence-electron chi connectivity index (χ1n) is 7.04. The third-order valence-corrected chi connectivity index (χ3v) is 3.52. The number of carboxylic acid groups (broad SMARTS) is 1. The number of carbonyl (C=O) groups is 2. The number of carbonyl (C=O) groups excluding carboxylic acids is 1. The summed E-state index contributed by atoms with van der Waals surface area (Å²) in [5.41, 5.74) is 1.41. The van der Waals surface area contributed by atoms with Crippen LogP contribution in [0.2, 0.25) is 0 Å². The Morgan fingerprint density at radius 1 is 1.05 bits per heavy atom. The lowest BCUT2D eigenvalue weighted by atomic mass is 9.92. The fourth-order valence-corrected chi connectivity index (χ4v) is 2.26. The molecule has 2 rings (SSSR count). The Hall–Kier alpha value is -2.62. The van der Waals surface area contributed by atoms with Crippen LogP contribution in [-0.4, -0.2) is 24.0 Å². The summed E-state index contributed by atoms with van der Waals surface area (Å²) in [6.45, 7) is 0. The number of aliphatic carboxylic acids is 1. The number of methoxy groups -OCH3 is 1. The number of ether oxygens (including phenoxy) is 1. The van der Waals surface area contributed by atoms with E-state index < -0.39 is 11.9 Å². The summed E-state index contributed by atoms with van der Waals surface area (Å²) >= 11 is 0. The largest absolute Gasteiger partial charge is 0.497 e. The van der Waals surface area contributed by atoms with Crippen LogP contribution in [0.15, 0.2) is 54.6 Å². The van der Waals surface area contributed by atoms with Crippen molar-refractivity contribution in [1.29, 1.82) is 0 Å². The number of Topliss-reactive ketones (excluding diaryl/α,β-unsaturated/α-hetero) is 1. The highest BCUT2D eigenvalue weighted by molar-refractivity contribution is 5.98. The van der Waals surface area contributed by atoms with Gasteiger partial charge in [0, 0.05) is 12.0 Å². The van der Waals surface area contributed by atoms with Gasteiger partial charge in [-0.1, -0.05) is 30.3 Å². The second-order valence-corrected chi connectivity index (χ2v) is 5.08. The monoisotopic (exact) mass is 298 g/mol. The summed E-state index contributed by atoms with van der Waals surface area (Å²) in [7, 11) is 1.55. The smallest absolute Gasteiger partial charge is 0.307 e. The Bertz CT molecular complexity index is 632. The first-order valence-corrected chi connectivity index (χ1v) is 7.04. The summed E-state index contributed by atoms with van der Waals surface area (Å²) in [5.74, 6) is -1.19. The lowest BCUT2D eigenvalue weighted by Gasteiger charge is -2.12. The van der Waals surface area contributed by atoms with Gasteiger partial charge in [0.05, 0.1) is 13.0 Å².